The summed E-state index contributed by atoms with van der Waals surface area (Å²) >= 11 is 0. The van der Waals surface area contributed by atoms with Crippen LogP contribution in [-0.4, -0.2) is 45.8 Å². The second kappa shape index (κ2) is 7.84. The molecular weight excluding hydrogens is 354 g/mol. The van der Waals surface area contributed by atoms with Gasteiger partial charge in [0, 0.05) is 30.9 Å². The molecule has 3 aromatic rings. The Morgan fingerprint density at radius 2 is 2.25 bits per heavy atom. The number of piperidine rings is 1. The van der Waals surface area contributed by atoms with Gasteiger partial charge in [-0.1, -0.05) is 11.6 Å². The fraction of sp³-hybridized carbons (Fsp3) is 0.400. The van der Waals surface area contributed by atoms with Crippen LogP contribution < -0.4 is 15.5 Å². The monoisotopic (exact) mass is 379 g/mol. The zero-order valence-electron chi connectivity index (χ0n) is 16.2. The number of carbonyl (C=O) groups excluding carboxylic acids is 1. The number of hydrogen-bond acceptors (Lipinski definition) is 5. The Labute approximate surface area is 163 Å². The topological polar surface area (TPSA) is 98.8 Å². The standard InChI is InChI=1S/C20H25N7O/c1-3-21-20(28)25-17-10-24-26-18(17)14-5-4-8-27(11-14)19-15-9-13(2)6-7-16(15)22-12-23-19/h6-7,9-10,12,14H,3-5,8,11H2,1-2H3,(H,24,26)(H2,21,25,28). The summed E-state index contributed by atoms with van der Waals surface area (Å²) < 4.78 is 0. The van der Waals surface area contributed by atoms with Gasteiger partial charge < -0.3 is 15.5 Å². The first kappa shape index (κ1) is 18.2. The summed E-state index contributed by atoms with van der Waals surface area (Å²) in [5, 5.41) is 14.0. The number of H-pyrrole nitrogens is 1. The van der Waals surface area contributed by atoms with Crippen LogP contribution in [0.4, 0.5) is 16.3 Å². The van der Waals surface area contributed by atoms with E-state index in [4.69, 9.17) is 0 Å². The lowest BCUT2D eigenvalue weighted by Crippen LogP contribution is -2.36. The van der Waals surface area contributed by atoms with Gasteiger partial charge in [0.1, 0.15) is 12.1 Å². The molecule has 0 radical (unpaired) electrons. The molecule has 0 bridgehead atoms. The van der Waals surface area contributed by atoms with Crippen LogP contribution in [-0.2, 0) is 0 Å². The molecule has 1 aliphatic rings. The van der Waals surface area contributed by atoms with Crippen molar-refractivity contribution in [1.29, 1.82) is 0 Å². The largest absolute Gasteiger partial charge is 0.355 e. The molecule has 1 fully saturated rings. The molecule has 2 aromatic heterocycles. The molecule has 4 rings (SSSR count). The van der Waals surface area contributed by atoms with E-state index in [0.717, 1.165) is 54.0 Å². The highest BCUT2D eigenvalue weighted by Gasteiger charge is 2.27. The van der Waals surface area contributed by atoms with E-state index in [9.17, 15) is 4.79 Å². The number of anilines is 2. The minimum Gasteiger partial charge on any atom is -0.355 e. The molecule has 0 spiro atoms. The summed E-state index contributed by atoms with van der Waals surface area (Å²) in [5.74, 6) is 1.21. The molecule has 1 atom stereocenters. The number of carbonyl (C=O) groups is 1. The number of urea groups is 1. The number of aryl methyl sites for hydroxylation is 1. The van der Waals surface area contributed by atoms with Gasteiger partial charge in [0.2, 0.25) is 0 Å². The first-order chi connectivity index (χ1) is 13.7. The number of fused-ring (bicyclic) bond motifs is 1. The van der Waals surface area contributed by atoms with E-state index in [0.29, 0.717) is 6.54 Å². The number of benzene rings is 1. The average Bonchev–Trinajstić information content (AvgIpc) is 3.16. The highest BCUT2D eigenvalue weighted by Crippen LogP contribution is 2.34. The first-order valence-corrected chi connectivity index (χ1v) is 9.70. The fourth-order valence-electron chi connectivity index (χ4n) is 3.85. The van der Waals surface area contributed by atoms with Crippen molar-refractivity contribution in [3.8, 4) is 0 Å². The highest BCUT2D eigenvalue weighted by atomic mass is 16.2. The number of aromatic amines is 1. The van der Waals surface area contributed by atoms with Gasteiger partial charge in [-0.2, -0.15) is 5.10 Å². The van der Waals surface area contributed by atoms with Gasteiger partial charge in [0.15, 0.2) is 0 Å². The van der Waals surface area contributed by atoms with Crippen molar-refractivity contribution in [3.05, 3.63) is 42.0 Å². The summed E-state index contributed by atoms with van der Waals surface area (Å²) in [6.07, 6.45) is 5.38. The van der Waals surface area contributed by atoms with E-state index < -0.39 is 0 Å². The molecule has 1 unspecified atom stereocenters. The summed E-state index contributed by atoms with van der Waals surface area (Å²) in [5.41, 5.74) is 3.85. The van der Waals surface area contributed by atoms with Crippen molar-refractivity contribution in [2.45, 2.75) is 32.6 Å². The molecular formula is C20H25N7O. The normalized spacial score (nSPS) is 16.9. The van der Waals surface area contributed by atoms with Crippen LogP contribution in [0.3, 0.4) is 0 Å². The van der Waals surface area contributed by atoms with Gasteiger partial charge in [-0.3, -0.25) is 5.10 Å². The SMILES string of the molecule is CCNC(=O)Nc1cn[nH]c1C1CCCN(c2ncnc3ccc(C)cc23)C1. The quantitative estimate of drug-likeness (QED) is 0.647. The minimum absolute atomic E-state index is 0.213. The van der Waals surface area contributed by atoms with Gasteiger partial charge in [-0.05, 0) is 38.8 Å². The van der Waals surface area contributed by atoms with Crippen LogP contribution in [0.25, 0.3) is 10.9 Å². The molecule has 3 N–H and O–H groups in total. The van der Waals surface area contributed by atoms with Crippen LogP contribution in [0.5, 0.6) is 0 Å². The number of nitrogens with one attached hydrogen (secondary N) is 3. The molecule has 1 saturated heterocycles. The van der Waals surface area contributed by atoms with Crippen molar-refractivity contribution in [1.82, 2.24) is 25.5 Å². The van der Waals surface area contributed by atoms with Gasteiger partial charge in [-0.25, -0.2) is 14.8 Å². The third kappa shape index (κ3) is 3.62. The Bertz CT molecular complexity index is 984. The van der Waals surface area contributed by atoms with Crippen LogP contribution in [0, 0.1) is 6.92 Å². The van der Waals surface area contributed by atoms with Crippen molar-refractivity contribution in [2.24, 2.45) is 0 Å². The summed E-state index contributed by atoms with van der Waals surface area (Å²) in [7, 11) is 0. The Morgan fingerprint density at radius 3 is 3.11 bits per heavy atom. The second-order valence-corrected chi connectivity index (χ2v) is 7.18. The van der Waals surface area contributed by atoms with Crippen LogP contribution in [0.1, 0.15) is 36.9 Å². The molecule has 28 heavy (non-hydrogen) atoms. The van der Waals surface area contributed by atoms with Gasteiger partial charge in [0.25, 0.3) is 0 Å². The minimum atomic E-state index is -0.213. The summed E-state index contributed by atoms with van der Waals surface area (Å²) in [6, 6.07) is 6.05. The number of rotatable bonds is 4. The van der Waals surface area contributed by atoms with Crippen LogP contribution >= 0.6 is 0 Å². The average molecular weight is 379 g/mol. The number of aromatic nitrogens is 4. The maximum absolute atomic E-state index is 11.9. The van der Waals surface area contributed by atoms with Crippen LogP contribution in [0.15, 0.2) is 30.7 Å². The summed E-state index contributed by atoms with van der Waals surface area (Å²) in [4.78, 5) is 23.2. The molecule has 8 nitrogen and oxygen atoms in total. The van der Waals surface area contributed by atoms with Crippen molar-refractivity contribution in [2.75, 3.05) is 29.9 Å². The molecule has 2 amide bonds. The Hall–Kier alpha value is -3.16. The van der Waals surface area contributed by atoms with Gasteiger partial charge in [-0.15, -0.1) is 0 Å². The third-order valence-corrected chi connectivity index (χ3v) is 5.15. The first-order valence-electron chi connectivity index (χ1n) is 9.70. The zero-order valence-corrected chi connectivity index (χ0v) is 16.2. The highest BCUT2D eigenvalue weighted by molar-refractivity contribution is 5.90. The predicted molar refractivity (Wildman–Crippen MR) is 110 cm³/mol. The molecule has 146 valence electrons. The van der Waals surface area contributed by atoms with Gasteiger partial charge in [0.05, 0.1) is 23.1 Å². The zero-order chi connectivity index (χ0) is 19.5. The lowest BCUT2D eigenvalue weighted by atomic mass is 9.93. The van der Waals surface area contributed by atoms with E-state index in [-0.39, 0.29) is 11.9 Å². The van der Waals surface area contributed by atoms with Crippen molar-refractivity contribution >= 4 is 28.4 Å². The molecule has 1 aliphatic heterocycles. The Balaban J connectivity index is 1.59. The number of nitrogens with zero attached hydrogens (tertiary/aromatic N) is 4. The molecule has 3 heterocycles. The molecule has 0 aliphatic carbocycles. The second-order valence-electron chi connectivity index (χ2n) is 7.18. The number of hydrogen-bond donors (Lipinski definition) is 3. The van der Waals surface area contributed by atoms with E-state index >= 15 is 0 Å². The van der Waals surface area contributed by atoms with E-state index in [1.54, 1.807) is 12.5 Å². The van der Waals surface area contributed by atoms with Crippen LogP contribution in [0.2, 0.25) is 0 Å². The number of amides is 2. The predicted octanol–water partition coefficient (Wildman–Crippen LogP) is 3.19. The summed E-state index contributed by atoms with van der Waals surface area (Å²) in [6.45, 7) is 6.31. The molecule has 0 saturated carbocycles. The van der Waals surface area contributed by atoms with E-state index in [2.05, 4.69) is 54.8 Å². The third-order valence-electron chi connectivity index (χ3n) is 5.15. The fourth-order valence-corrected chi connectivity index (χ4v) is 3.85. The molecule has 8 heteroatoms. The van der Waals surface area contributed by atoms with E-state index in [1.165, 1.54) is 5.56 Å². The molecule has 1 aromatic carbocycles. The Kier molecular flexibility index (Phi) is 5.10. The maximum atomic E-state index is 11.9. The lowest BCUT2D eigenvalue weighted by molar-refractivity contribution is 0.252. The van der Waals surface area contributed by atoms with E-state index in [1.807, 2.05) is 13.0 Å². The maximum Gasteiger partial charge on any atom is 0.319 e. The van der Waals surface area contributed by atoms with Crippen molar-refractivity contribution < 1.29 is 4.79 Å². The Morgan fingerprint density at radius 1 is 1.36 bits per heavy atom. The van der Waals surface area contributed by atoms with Crippen molar-refractivity contribution in [3.63, 3.8) is 0 Å². The lowest BCUT2D eigenvalue weighted by Gasteiger charge is -2.34. The smallest absolute Gasteiger partial charge is 0.319 e. The van der Waals surface area contributed by atoms with Gasteiger partial charge >= 0.3 is 6.03 Å².